The van der Waals surface area contributed by atoms with Gasteiger partial charge in [-0.25, -0.2) is 13.1 Å². The second-order valence-corrected chi connectivity index (χ2v) is 8.31. The molecule has 0 spiro atoms. The molecule has 0 heterocycles. The van der Waals surface area contributed by atoms with Gasteiger partial charge in [-0.2, -0.15) is 0 Å². The van der Waals surface area contributed by atoms with Crippen molar-refractivity contribution in [3.63, 3.8) is 0 Å². The molecule has 0 saturated carbocycles. The van der Waals surface area contributed by atoms with Crippen molar-refractivity contribution in [3.8, 4) is 0 Å². The van der Waals surface area contributed by atoms with E-state index in [1.165, 1.54) is 29.8 Å². The summed E-state index contributed by atoms with van der Waals surface area (Å²) >= 11 is 0. The molecule has 0 aromatic heterocycles. The number of nitrogens with one attached hydrogen (secondary N) is 1. The topological polar surface area (TPSA) is 83.5 Å². The Morgan fingerprint density at radius 2 is 1.91 bits per heavy atom. The van der Waals surface area contributed by atoms with Gasteiger partial charge in [0.15, 0.2) is 0 Å². The summed E-state index contributed by atoms with van der Waals surface area (Å²) in [6.07, 6.45) is 5.32. The molecule has 1 aromatic carbocycles. The van der Waals surface area contributed by atoms with Crippen molar-refractivity contribution in [1.82, 2.24) is 4.72 Å². The number of benzene rings is 1. The summed E-state index contributed by atoms with van der Waals surface area (Å²) < 4.78 is 27.4. The van der Waals surface area contributed by atoms with Crippen LogP contribution in [0.2, 0.25) is 0 Å². The summed E-state index contributed by atoms with van der Waals surface area (Å²) in [5, 5.41) is 8.74. The molecule has 0 saturated heterocycles. The molecule has 1 aliphatic carbocycles. The molecule has 0 bridgehead atoms. The van der Waals surface area contributed by atoms with Crippen LogP contribution in [0.3, 0.4) is 0 Å². The van der Waals surface area contributed by atoms with E-state index in [-0.39, 0.29) is 16.7 Å². The van der Waals surface area contributed by atoms with Crippen molar-refractivity contribution in [2.45, 2.75) is 44.4 Å². The number of carboxylic acids is 1. The third-order valence-corrected chi connectivity index (χ3v) is 5.62. The van der Waals surface area contributed by atoms with E-state index in [2.05, 4.69) is 10.8 Å². The van der Waals surface area contributed by atoms with Gasteiger partial charge in [-0.3, -0.25) is 4.79 Å². The molecular weight excluding hydrogens is 314 g/mol. The minimum atomic E-state index is -3.59. The van der Waals surface area contributed by atoms with Gasteiger partial charge in [0.2, 0.25) is 10.0 Å². The van der Waals surface area contributed by atoms with Crippen LogP contribution in [0.4, 0.5) is 0 Å². The Morgan fingerprint density at radius 1 is 1.26 bits per heavy atom. The lowest BCUT2D eigenvalue weighted by atomic mass is 9.84. The highest BCUT2D eigenvalue weighted by Crippen LogP contribution is 2.34. The van der Waals surface area contributed by atoms with Crippen molar-refractivity contribution in [3.05, 3.63) is 41.5 Å². The molecule has 0 atom stereocenters. The van der Waals surface area contributed by atoms with Crippen LogP contribution < -0.4 is 4.72 Å². The van der Waals surface area contributed by atoms with Gasteiger partial charge in [-0.15, -0.1) is 0 Å². The van der Waals surface area contributed by atoms with Crippen molar-refractivity contribution in [2.75, 3.05) is 6.54 Å². The van der Waals surface area contributed by atoms with Gasteiger partial charge >= 0.3 is 5.97 Å². The predicted octanol–water partition coefficient (Wildman–Crippen LogP) is 2.73. The highest BCUT2D eigenvalue weighted by Gasteiger charge is 2.27. The maximum Gasteiger partial charge on any atom is 0.307 e. The quantitative estimate of drug-likeness (QED) is 0.749. The molecule has 1 aliphatic rings. The first kappa shape index (κ1) is 17.7. The van der Waals surface area contributed by atoms with E-state index in [0.29, 0.717) is 12.1 Å². The molecule has 0 unspecified atom stereocenters. The summed E-state index contributed by atoms with van der Waals surface area (Å²) in [6, 6.07) is 5.96. The summed E-state index contributed by atoms with van der Waals surface area (Å²) in [5.41, 5.74) is 1.68. The minimum Gasteiger partial charge on any atom is -0.481 e. The van der Waals surface area contributed by atoms with E-state index in [0.717, 1.165) is 19.3 Å². The average molecular weight is 337 g/mol. The van der Waals surface area contributed by atoms with Crippen LogP contribution in [-0.4, -0.2) is 26.0 Å². The second kappa shape index (κ2) is 6.84. The van der Waals surface area contributed by atoms with E-state index >= 15 is 0 Å². The maximum atomic E-state index is 12.4. The SMILES string of the molecule is CC(C)(CNS(=O)(=O)c1ccc(CC(=O)O)cc1)C1=CCCC1. The van der Waals surface area contributed by atoms with Gasteiger partial charge in [-0.05, 0) is 42.4 Å². The highest BCUT2D eigenvalue weighted by atomic mass is 32.2. The molecule has 2 rings (SSSR count). The Balaban J connectivity index is 2.05. The van der Waals surface area contributed by atoms with Gasteiger partial charge < -0.3 is 5.11 Å². The number of aliphatic carboxylic acids is 1. The molecule has 0 fully saturated rings. The number of rotatable bonds is 7. The van der Waals surface area contributed by atoms with E-state index < -0.39 is 16.0 Å². The van der Waals surface area contributed by atoms with E-state index in [9.17, 15) is 13.2 Å². The zero-order valence-corrected chi connectivity index (χ0v) is 14.3. The van der Waals surface area contributed by atoms with E-state index in [4.69, 9.17) is 5.11 Å². The van der Waals surface area contributed by atoms with Crippen LogP contribution in [0.1, 0.15) is 38.7 Å². The van der Waals surface area contributed by atoms with Crippen LogP contribution in [0.25, 0.3) is 0 Å². The number of hydrogen-bond acceptors (Lipinski definition) is 3. The Morgan fingerprint density at radius 3 is 2.43 bits per heavy atom. The molecule has 0 amide bonds. The predicted molar refractivity (Wildman–Crippen MR) is 88.7 cm³/mol. The number of sulfonamides is 1. The molecule has 5 nitrogen and oxygen atoms in total. The van der Waals surface area contributed by atoms with Crippen LogP contribution in [0.15, 0.2) is 40.8 Å². The highest BCUT2D eigenvalue weighted by molar-refractivity contribution is 7.89. The molecule has 6 heteroatoms. The first-order valence-corrected chi connectivity index (χ1v) is 9.19. The van der Waals surface area contributed by atoms with Crippen molar-refractivity contribution < 1.29 is 18.3 Å². The van der Waals surface area contributed by atoms with Gasteiger partial charge in [0.05, 0.1) is 11.3 Å². The third-order valence-electron chi connectivity index (χ3n) is 4.20. The molecule has 23 heavy (non-hydrogen) atoms. The van der Waals surface area contributed by atoms with E-state index in [1.54, 1.807) is 0 Å². The zero-order valence-electron chi connectivity index (χ0n) is 13.5. The second-order valence-electron chi connectivity index (χ2n) is 6.54. The van der Waals surface area contributed by atoms with Gasteiger partial charge in [0, 0.05) is 6.54 Å². The van der Waals surface area contributed by atoms with Crippen LogP contribution in [0, 0.1) is 5.41 Å². The molecule has 126 valence electrons. The van der Waals surface area contributed by atoms with Crippen molar-refractivity contribution in [2.24, 2.45) is 5.41 Å². The summed E-state index contributed by atoms with van der Waals surface area (Å²) in [7, 11) is -3.59. The fourth-order valence-electron chi connectivity index (χ4n) is 2.72. The molecule has 1 aromatic rings. The molecule has 0 aliphatic heterocycles. The number of carbonyl (C=O) groups is 1. The molecule has 2 N–H and O–H groups in total. The van der Waals surface area contributed by atoms with Crippen molar-refractivity contribution in [1.29, 1.82) is 0 Å². The Labute approximate surface area is 137 Å². The summed E-state index contributed by atoms with van der Waals surface area (Å²) in [5.74, 6) is -0.940. The largest absolute Gasteiger partial charge is 0.481 e. The summed E-state index contributed by atoms with van der Waals surface area (Å²) in [4.78, 5) is 10.8. The average Bonchev–Trinajstić information content (AvgIpc) is 3.00. The Kier molecular flexibility index (Phi) is 5.26. The number of hydrogen-bond donors (Lipinski definition) is 2. The fraction of sp³-hybridized carbons (Fsp3) is 0.471. The lowest BCUT2D eigenvalue weighted by Crippen LogP contribution is -2.34. The summed E-state index contributed by atoms with van der Waals surface area (Å²) in [6.45, 7) is 4.43. The number of carboxylic acid groups (broad SMARTS) is 1. The Hall–Kier alpha value is -1.66. The standard InChI is InChI=1S/C17H23NO4S/c1-17(2,14-5-3-4-6-14)12-18-23(21,22)15-9-7-13(8-10-15)11-16(19)20/h5,7-10,18H,3-4,6,11-12H2,1-2H3,(H,19,20). The van der Waals surface area contributed by atoms with Gasteiger partial charge in [-0.1, -0.05) is 37.6 Å². The van der Waals surface area contributed by atoms with E-state index in [1.807, 2.05) is 13.8 Å². The lowest BCUT2D eigenvalue weighted by Gasteiger charge is -2.27. The van der Waals surface area contributed by atoms with Gasteiger partial charge in [0.1, 0.15) is 0 Å². The molecule has 0 radical (unpaired) electrons. The number of allylic oxidation sites excluding steroid dienone is 1. The van der Waals surface area contributed by atoms with Crippen molar-refractivity contribution >= 4 is 16.0 Å². The third kappa shape index (κ3) is 4.65. The van der Waals surface area contributed by atoms with Crippen LogP contribution in [-0.2, 0) is 21.2 Å². The maximum absolute atomic E-state index is 12.4. The zero-order chi connectivity index (χ0) is 17.1. The lowest BCUT2D eigenvalue weighted by molar-refractivity contribution is -0.136. The van der Waals surface area contributed by atoms with Crippen LogP contribution >= 0.6 is 0 Å². The Bertz CT molecular complexity index is 703. The molecular formula is C17H23NO4S. The normalized spacial score (nSPS) is 15.5. The first-order chi connectivity index (χ1) is 10.7. The minimum absolute atomic E-state index is 0.116. The first-order valence-electron chi connectivity index (χ1n) is 7.71. The fourth-order valence-corrected chi connectivity index (χ4v) is 3.93. The van der Waals surface area contributed by atoms with Gasteiger partial charge in [0.25, 0.3) is 0 Å². The van der Waals surface area contributed by atoms with Crippen LogP contribution in [0.5, 0.6) is 0 Å². The smallest absolute Gasteiger partial charge is 0.307 e. The monoisotopic (exact) mass is 337 g/mol.